The molecular weight excluding hydrogens is 692 g/mol. The Labute approximate surface area is 228 Å². The fourth-order valence-corrected chi connectivity index (χ4v) is 5.85. The first kappa shape index (κ1) is 29.0. The Hall–Kier alpha value is -0.200. The number of aliphatic hydroxyl groups is 2. The molecule has 0 saturated heterocycles. The van der Waals surface area contributed by atoms with Crippen LogP contribution in [0, 0.1) is 0 Å². The molecule has 0 aromatic heterocycles. The zero-order chi connectivity index (χ0) is 24.4. The lowest BCUT2D eigenvalue weighted by atomic mass is 9.78. The molecule has 184 valence electrons. The predicted molar refractivity (Wildman–Crippen MR) is 143 cm³/mol. The standard InChI is InChI=1S/C23H28Br4O6/c1-23(2,15-11-17(24)21(18(25)12-15)32-9-7-30-5-3-28)16-13-19(26)22(20(27)14-16)33-10-8-31-6-4-29/h11-14,28-29H,3-10H2,1-2H3. The van der Waals surface area contributed by atoms with Crippen molar-refractivity contribution in [3.63, 3.8) is 0 Å². The minimum atomic E-state index is -0.318. The van der Waals surface area contributed by atoms with E-state index in [4.69, 9.17) is 29.2 Å². The second-order valence-electron chi connectivity index (χ2n) is 7.53. The number of benzene rings is 2. The lowest BCUT2D eigenvalue weighted by Gasteiger charge is -2.28. The van der Waals surface area contributed by atoms with E-state index in [0.29, 0.717) is 51.1 Å². The first-order chi connectivity index (χ1) is 15.7. The van der Waals surface area contributed by atoms with E-state index in [1.807, 2.05) is 0 Å². The molecule has 2 N–H and O–H groups in total. The van der Waals surface area contributed by atoms with Gasteiger partial charge in [-0.3, -0.25) is 0 Å². The maximum atomic E-state index is 8.78. The van der Waals surface area contributed by atoms with Gasteiger partial charge < -0.3 is 29.2 Å². The summed E-state index contributed by atoms with van der Waals surface area (Å²) in [4.78, 5) is 0. The minimum Gasteiger partial charge on any atom is -0.489 e. The van der Waals surface area contributed by atoms with Gasteiger partial charge in [-0.15, -0.1) is 0 Å². The van der Waals surface area contributed by atoms with Crippen molar-refractivity contribution in [2.24, 2.45) is 0 Å². The third-order valence-corrected chi connectivity index (χ3v) is 7.22. The molecule has 0 bridgehead atoms. The molecule has 33 heavy (non-hydrogen) atoms. The van der Waals surface area contributed by atoms with Crippen molar-refractivity contribution in [1.82, 2.24) is 0 Å². The highest BCUT2D eigenvalue weighted by molar-refractivity contribution is 9.11. The van der Waals surface area contributed by atoms with Crippen LogP contribution in [0.4, 0.5) is 0 Å². The summed E-state index contributed by atoms with van der Waals surface area (Å²) < 4.78 is 25.5. The Bertz CT molecular complexity index is 789. The number of hydrogen-bond acceptors (Lipinski definition) is 6. The predicted octanol–water partition coefficient (Wildman–Crippen LogP) is 5.84. The number of aliphatic hydroxyl groups excluding tert-OH is 2. The van der Waals surface area contributed by atoms with E-state index in [2.05, 4.69) is 102 Å². The van der Waals surface area contributed by atoms with E-state index in [-0.39, 0.29) is 18.6 Å². The molecule has 0 unspecified atom stereocenters. The van der Waals surface area contributed by atoms with Gasteiger partial charge in [-0.25, -0.2) is 0 Å². The Balaban J connectivity index is 2.18. The van der Waals surface area contributed by atoms with Gasteiger partial charge in [0.2, 0.25) is 0 Å². The van der Waals surface area contributed by atoms with Crippen LogP contribution in [0.2, 0.25) is 0 Å². The van der Waals surface area contributed by atoms with Crippen LogP contribution in [0.3, 0.4) is 0 Å². The maximum absolute atomic E-state index is 8.78. The number of halogens is 4. The van der Waals surface area contributed by atoms with Crippen molar-refractivity contribution in [2.75, 3.05) is 52.9 Å². The highest BCUT2D eigenvalue weighted by Gasteiger charge is 2.27. The van der Waals surface area contributed by atoms with Gasteiger partial charge in [0.1, 0.15) is 24.7 Å². The van der Waals surface area contributed by atoms with Gasteiger partial charge in [-0.2, -0.15) is 0 Å². The van der Waals surface area contributed by atoms with Crippen LogP contribution in [0.25, 0.3) is 0 Å². The normalized spacial score (nSPS) is 11.6. The molecule has 0 aliphatic rings. The minimum absolute atomic E-state index is 0.00442. The van der Waals surface area contributed by atoms with Crippen molar-refractivity contribution in [2.45, 2.75) is 19.3 Å². The van der Waals surface area contributed by atoms with E-state index in [0.717, 1.165) is 29.0 Å². The third-order valence-electron chi connectivity index (χ3n) is 4.86. The van der Waals surface area contributed by atoms with Crippen LogP contribution >= 0.6 is 63.7 Å². The molecule has 0 spiro atoms. The summed E-state index contributed by atoms with van der Waals surface area (Å²) >= 11 is 14.5. The second-order valence-corrected chi connectivity index (χ2v) is 10.9. The lowest BCUT2D eigenvalue weighted by Crippen LogP contribution is -2.20. The summed E-state index contributed by atoms with van der Waals surface area (Å²) in [6.07, 6.45) is 0. The van der Waals surface area contributed by atoms with Crippen molar-refractivity contribution >= 4 is 63.7 Å². The fraction of sp³-hybridized carbons (Fsp3) is 0.478. The van der Waals surface area contributed by atoms with Crippen molar-refractivity contribution in [1.29, 1.82) is 0 Å². The average Bonchev–Trinajstić information content (AvgIpc) is 2.76. The fourth-order valence-electron chi connectivity index (χ4n) is 3.02. The maximum Gasteiger partial charge on any atom is 0.147 e. The van der Waals surface area contributed by atoms with E-state index in [1.54, 1.807) is 0 Å². The largest absolute Gasteiger partial charge is 0.489 e. The topological polar surface area (TPSA) is 77.4 Å². The second kappa shape index (κ2) is 14.4. The molecule has 2 aromatic carbocycles. The van der Waals surface area contributed by atoms with Crippen LogP contribution in [-0.2, 0) is 14.9 Å². The van der Waals surface area contributed by atoms with Gasteiger partial charge in [-0.1, -0.05) is 13.8 Å². The summed E-state index contributed by atoms with van der Waals surface area (Å²) in [6.45, 7) is 6.46. The van der Waals surface area contributed by atoms with Crippen LogP contribution in [0.15, 0.2) is 42.2 Å². The highest BCUT2D eigenvalue weighted by atomic mass is 79.9. The zero-order valence-electron chi connectivity index (χ0n) is 18.5. The molecule has 2 aromatic rings. The van der Waals surface area contributed by atoms with Crippen LogP contribution in [0.5, 0.6) is 11.5 Å². The van der Waals surface area contributed by atoms with E-state index in [1.165, 1.54) is 0 Å². The Morgan fingerprint density at radius 1 is 0.606 bits per heavy atom. The Kier molecular flexibility index (Phi) is 12.7. The molecule has 0 atom stereocenters. The Morgan fingerprint density at radius 2 is 0.939 bits per heavy atom. The van der Waals surface area contributed by atoms with Crippen LogP contribution in [-0.4, -0.2) is 63.1 Å². The first-order valence-corrected chi connectivity index (χ1v) is 13.5. The van der Waals surface area contributed by atoms with Crippen molar-refractivity contribution in [3.05, 3.63) is 53.3 Å². The molecule has 0 amide bonds. The first-order valence-electron chi connectivity index (χ1n) is 10.3. The highest BCUT2D eigenvalue weighted by Crippen LogP contribution is 2.44. The van der Waals surface area contributed by atoms with Gasteiger partial charge >= 0.3 is 0 Å². The average molecular weight is 720 g/mol. The molecule has 0 saturated carbocycles. The summed E-state index contributed by atoms with van der Waals surface area (Å²) in [5.41, 5.74) is 1.87. The third kappa shape index (κ3) is 8.45. The quantitative estimate of drug-likeness (QED) is 0.239. The zero-order valence-corrected chi connectivity index (χ0v) is 24.8. The summed E-state index contributed by atoms with van der Waals surface area (Å²) in [5, 5.41) is 17.6. The van der Waals surface area contributed by atoms with Crippen LogP contribution in [0.1, 0.15) is 25.0 Å². The summed E-state index contributed by atoms with van der Waals surface area (Å²) in [7, 11) is 0. The molecule has 0 heterocycles. The number of ether oxygens (including phenoxy) is 4. The van der Waals surface area contributed by atoms with E-state index < -0.39 is 0 Å². The van der Waals surface area contributed by atoms with E-state index in [9.17, 15) is 0 Å². The molecule has 10 heteroatoms. The molecule has 0 aliphatic carbocycles. The summed E-state index contributed by atoms with van der Waals surface area (Å²) in [5.74, 6) is 1.41. The number of rotatable bonds is 14. The molecule has 6 nitrogen and oxygen atoms in total. The molecule has 0 fully saturated rings. The molecule has 2 rings (SSSR count). The van der Waals surface area contributed by atoms with Crippen LogP contribution < -0.4 is 9.47 Å². The molecular formula is C23H28Br4O6. The SMILES string of the molecule is CC(C)(c1cc(Br)c(OCCOCCO)c(Br)c1)c1cc(Br)c(OCCOCCO)c(Br)c1. The summed E-state index contributed by atoms with van der Waals surface area (Å²) in [6, 6.07) is 8.22. The van der Waals surface area contributed by atoms with Crippen molar-refractivity contribution < 1.29 is 29.2 Å². The van der Waals surface area contributed by atoms with Gasteiger partial charge in [0.15, 0.2) is 0 Å². The molecule has 0 aliphatic heterocycles. The monoisotopic (exact) mass is 716 g/mol. The van der Waals surface area contributed by atoms with Gasteiger partial charge in [0.05, 0.1) is 57.5 Å². The van der Waals surface area contributed by atoms with E-state index >= 15 is 0 Å². The van der Waals surface area contributed by atoms with Gasteiger partial charge in [-0.05, 0) is 99.1 Å². The smallest absolute Gasteiger partial charge is 0.147 e. The molecule has 0 radical (unpaired) electrons. The number of hydrogen-bond donors (Lipinski definition) is 2. The van der Waals surface area contributed by atoms with Gasteiger partial charge in [0, 0.05) is 5.41 Å². The lowest BCUT2D eigenvalue weighted by molar-refractivity contribution is 0.0702. The van der Waals surface area contributed by atoms with Crippen molar-refractivity contribution in [3.8, 4) is 11.5 Å². The Morgan fingerprint density at radius 3 is 1.24 bits per heavy atom. The van der Waals surface area contributed by atoms with Gasteiger partial charge in [0.25, 0.3) is 0 Å².